The van der Waals surface area contributed by atoms with E-state index < -0.39 is 41.3 Å². The van der Waals surface area contributed by atoms with Crippen LogP contribution in [0.2, 0.25) is 0 Å². The van der Waals surface area contributed by atoms with Gasteiger partial charge in [0.2, 0.25) is 0 Å². The predicted molar refractivity (Wildman–Crippen MR) is 73.7 cm³/mol. The van der Waals surface area contributed by atoms with Crippen molar-refractivity contribution in [2.24, 2.45) is 0 Å². The summed E-state index contributed by atoms with van der Waals surface area (Å²) in [7, 11) is 0. The molecule has 4 rings (SSSR count). The summed E-state index contributed by atoms with van der Waals surface area (Å²) in [6, 6.07) is 2.81. The molecule has 10 heteroatoms. The monoisotopic (exact) mass is 318 g/mol. The minimum Gasteiger partial charge on any atom is -0.387 e. The number of nitriles is 1. The van der Waals surface area contributed by atoms with Gasteiger partial charge >= 0.3 is 5.69 Å². The van der Waals surface area contributed by atoms with Crippen LogP contribution in [0.3, 0.4) is 0 Å². The SMILES string of the molecule is N#Cc1cc2c(=O)[nH]c(=O)n3c2n(c1=O)C[C@H]1O[C@H]3C(O)C1O. The second kappa shape index (κ2) is 4.39. The molecule has 10 nitrogen and oxygen atoms in total. The molecule has 2 aromatic rings. The minimum absolute atomic E-state index is 0.0406. The zero-order valence-electron chi connectivity index (χ0n) is 11.5. The van der Waals surface area contributed by atoms with Crippen LogP contribution in [-0.4, -0.2) is 42.6 Å². The standard InChI is InChI=1S/C13H10N4O6/c14-2-4-1-5-9(20)15-13(22)17-10(5)16(11(4)21)3-6-7(18)8(19)12(17)23-6/h1,6-8,12,18-19H,3H2,(H,15,20,22)/t6-,7?,8?,12+/m1/s1. The number of nitrogens with one attached hydrogen (secondary N) is 1. The van der Waals surface area contributed by atoms with Crippen molar-refractivity contribution in [3.05, 3.63) is 42.8 Å². The van der Waals surface area contributed by atoms with Crippen molar-refractivity contribution < 1.29 is 14.9 Å². The zero-order valence-corrected chi connectivity index (χ0v) is 11.5. The van der Waals surface area contributed by atoms with Gasteiger partial charge in [0.15, 0.2) is 6.23 Å². The van der Waals surface area contributed by atoms with E-state index in [4.69, 9.17) is 10.00 Å². The van der Waals surface area contributed by atoms with E-state index in [9.17, 15) is 24.6 Å². The second-order valence-corrected chi connectivity index (χ2v) is 5.50. The molecule has 4 heterocycles. The Morgan fingerprint density at radius 2 is 2.04 bits per heavy atom. The molecule has 2 bridgehead atoms. The number of nitrogens with zero attached hydrogens (tertiary/aromatic N) is 3. The molecule has 2 unspecified atom stereocenters. The van der Waals surface area contributed by atoms with Crippen molar-refractivity contribution in [1.82, 2.24) is 14.1 Å². The van der Waals surface area contributed by atoms with Gasteiger partial charge in [-0.1, -0.05) is 0 Å². The molecule has 1 fully saturated rings. The molecule has 1 saturated heterocycles. The highest BCUT2D eigenvalue weighted by atomic mass is 16.6. The van der Waals surface area contributed by atoms with Crippen molar-refractivity contribution in [3.63, 3.8) is 0 Å². The summed E-state index contributed by atoms with van der Waals surface area (Å²) < 4.78 is 7.46. The number of fused-ring (bicyclic) bond motifs is 3. The molecular formula is C13H10N4O6. The summed E-state index contributed by atoms with van der Waals surface area (Å²) in [6.07, 6.45) is -4.87. The van der Waals surface area contributed by atoms with Crippen molar-refractivity contribution in [3.8, 4) is 6.07 Å². The Kier molecular flexibility index (Phi) is 2.65. The van der Waals surface area contributed by atoms with Gasteiger partial charge in [-0.05, 0) is 6.07 Å². The molecular weight excluding hydrogens is 308 g/mol. The molecule has 118 valence electrons. The van der Waals surface area contributed by atoms with Crippen LogP contribution in [0.25, 0.3) is 11.0 Å². The van der Waals surface area contributed by atoms with Gasteiger partial charge in [-0.15, -0.1) is 0 Å². The van der Waals surface area contributed by atoms with Gasteiger partial charge in [0.25, 0.3) is 11.1 Å². The number of aliphatic hydroxyl groups is 2. The lowest BCUT2D eigenvalue weighted by Crippen LogP contribution is -2.43. The summed E-state index contributed by atoms with van der Waals surface area (Å²) in [5.41, 5.74) is -2.63. The third-order valence-corrected chi connectivity index (χ3v) is 4.25. The average Bonchev–Trinajstić information content (AvgIpc) is 2.71. The van der Waals surface area contributed by atoms with E-state index in [2.05, 4.69) is 4.98 Å². The van der Waals surface area contributed by atoms with E-state index in [0.29, 0.717) is 0 Å². The molecule has 4 atom stereocenters. The van der Waals surface area contributed by atoms with Crippen LogP contribution in [-0.2, 0) is 11.3 Å². The topological polar surface area (TPSA) is 150 Å². The lowest BCUT2D eigenvalue weighted by Gasteiger charge is -2.22. The largest absolute Gasteiger partial charge is 0.387 e. The lowest BCUT2D eigenvalue weighted by molar-refractivity contribution is -0.0352. The molecule has 0 saturated carbocycles. The van der Waals surface area contributed by atoms with E-state index in [1.54, 1.807) is 6.07 Å². The predicted octanol–water partition coefficient (Wildman–Crippen LogP) is -2.64. The fourth-order valence-corrected chi connectivity index (χ4v) is 3.16. The van der Waals surface area contributed by atoms with E-state index in [1.807, 2.05) is 0 Å². The molecule has 2 aromatic heterocycles. The number of aromatic nitrogens is 3. The van der Waals surface area contributed by atoms with Crippen LogP contribution in [0.1, 0.15) is 11.8 Å². The number of aliphatic hydroxyl groups excluding tert-OH is 2. The van der Waals surface area contributed by atoms with Gasteiger partial charge in [-0.3, -0.25) is 19.1 Å². The maximum atomic E-state index is 12.4. The van der Waals surface area contributed by atoms with Crippen LogP contribution in [0.5, 0.6) is 0 Å². The smallest absolute Gasteiger partial charge is 0.332 e. The van der Waals surface area contributed by atoms with Gasteiger partial charge in [0.05, 0.1) is 11.9 Å². The van der Waals surface area contributed by atoms with Crippen LogP contribution in [0.4, 0.5) is 0 Å². The number of ether oxygens (including phenoxy) is 1. The van der Waals surface area contributed by atoms with Crippen molar-refractivity contribution in [2.75, 3.05) is 0 Å². The number of H-pyrrole nitrogens is 1. The highest BCUT2D eigenvalue weighted by Crippen LogP contribution is 2.33. The molecule has 2 aliphatic rings. The van der Waals surface area contributed by atoms with E-state index in [-0.39, 0.29) is 23.1 Å². The first-order valence-electron chi connectivity index (χ1n) is 6.78. The second-order valence-electron chi connectivity index (χ2n) is 5.50. The van der Waals surface area contributed by atoms with Gasteiger partial charge < -0.3 is 14.9 Å². The zero-order chi connectivity index (χ0) is 16.5. The molecule has 0 aliphatic carbocycles. The lowest BCUT2D eigenvalue weighted by atomic mass is 10.1. The Labute approximate surface area is 126 Å². The van der Waals surface area contributed by atoms with E-state index >= 15 is 0 Å². The summed E-state index contributed by atoms with van der Waals surface area (Å²) in [5.74, 6) is 0. The summed E-state index contributed by atoms with van der Waals surface area (Å²) in [4.78, 5) is 38.7. The summed E-state index contributed by atoms with van der Waals surface area (Å²) in [6.45, 7) is -0.192. The van der Waals surface area contributed by atoms with Gasteiger partial charge in [-0.2, -0.15) is 5.26 Å². The van der Waals surface area contributed by atoms with Crippen LogP contribution in [0, 0.1) is 11.3 Å². The summed E-state index contributed by atoms with van der Waals surface area (Å²) in [5, 5.41) is 29.1. The summed E-state index contributed by atoms with van der Waals surface area (Å²) >= 11 is 0. The average molecular weight is 318 g/mol. The van der Waals surface area contributed by atoms with Crippen molar-refractivity contribution >= 4 is 11.0 Å². The molecule has 0 amide bonds. The number of pyridine rings is 1. The van der Waals surface area contributed by atoms with Gasteiger partial charge in [0, 0.05) is 0 Å². The minimum atomic E-state index is -1.38. The third-order valence-electron chi connectivity index (χ3n) is 4.25. The Morgan fingerprint density at radius 3 is 2.74 bits per heavy atom. The number of hydrogen-bond donors (Lipinski definition) is 3. The number of hydrogen-bond acceptors (Lipinski definition) is 7. The Hall–Kier alpha value is -2.74. The quantitative estimate of drug-likeness (QED) is 0.480. The Bertz CT molecular complexity index is 1060. The number of aromatic amines is 1. The molecule has 0 aromatic carbocycles. The van der Waals surface area contributed by atoms with Crippen LogP contribution >= 0.6 is 0 Å². The fraction of sp³-hybridized carbons (Fsp3) is 0.385. The first-order valence-corrected chi connectivity index (χ1v) is 6.78. The maximum Gasteiger partial charge on any atom is 0.332 e. The fourth-order valence-electron chi connectivity index (χ4n) is 3.16. The highest BCUT2D eigenvalue weighted by molar-refractivity contribution is 5.76. The Morgan fingerprint density at radius 1 is 1.30 bits per heavy atom. The molecule has 3 N–H and O–H groups in total. The highest BCUT2D eigenvalue weighted by Gasteiger charge is 2.47. The molecule has 0 spiro atoms. The van der Waals surface area contributed by atoms with Gasteiger partial charge in [-0.25, -0.2) is 9.36 Å². The normalized spacial score (nSPS) is 28.6. The molecule has 2 aliphatic heterocycles. The van der Waals surface area contributed by atoms with Gasteiger partial charge in [0.1, 0.15) is 35.6 Å². The molecule has 0 radical (unpaired) electrons. The van der Waals surface area contributed by atoms with Crippen molar-refractivity contribution in [1.29, 1.82) is 5.26 Å². The van der Waals surface area contributed by atoms with E-state index in [1.165, 1.54) is 0 Å². The third kappa shape index (κ3) is 1.63. The molecule has 23 heavy (non-hydrogen) atoms. The van der Waals surface area contributed by atoms with Crippen LogP contribution < -0.4 is 16.8 Å². The number of rotatable bonds is 0. The Balaban J connectivity index is 2.25. The van der Waals surface area contributed by atoms with E-state index in [0.717, 1.165) is 15.2 Å². The maximum absolute atomic E-state index is 12.4. The first-order chi connectivity index (χ1) is 10.9. The van der Waals surface area contributed by atoms with Crippen LogP contribution in [0.15, 0.2) is 20.4 Å². The van der Waals surface area contributed by atoms with Crippen molar-refractivity contribution in [2.45, 2.75) is 31.1 Å². The first kappa shape index (κ1) is 13.9.